The molecule has 1 saturated carbocycles. The number of imide groups is 1. The fraction of sp³-hybridized carbons (Fsp3) is 0.562. The summed E-state index contributed by atoms with van der Waals surface area (Å²) >= 11 is 1.30. The second-order valence-corrected chi connectivity index (χ2v) is 7.65. The lowest BCUT2D eigenvalue weighted by atomic mass is 9.63. The molecule has 9 heteroatoms. The second kappa shape index (κ2) is 6.21. The minimum atomic E-state index is -0.504. The third kappa shape index (κ3) is 2.72. The van der Waals surface area contributed by atoms with Gasteiger partial charge in [-0.3, -0.25) is 19.8 Å². The first-order valence-electron chi connectivity index (χ1n) is 8.49. The molecular weight excluding hydrogens is 342 g/mol. The van der Waals surface area contributed by atoms with Crippen molar-refractivity contribution in [1.29, 1.82) is 0 Å². The molecule has 2 N–H and O–H groups in total. The average Bonchev–Trinajstić information content (AvgIpc) is 3.18. The van der Waals surface area contributed by atoms with Gasteiger partial charge in [0.15, 0.2) is 0 Å². The van der Waals surface area contributed by atoms with E-state index in [-0.39, 0.29) is 42.2 Å². The number of likely N-dealkylation sites (tertiary alicyclic amines) is 1. The number of hydrogen-bond acceptors (Lipinski definition) is 6. The maximum Gasteiger partial charge on any atom is 0.322 e. The van der Waals surface area contributed by atoms with E-state index >= 15 is 0 Å². The molecule has 1 aromatic heterocycles. The molecule has 8 nitrogen and oxygen atoms in total. The van der Waals surface area contributed by atoms with Crippen molar-refractivity contribution in [3.63, 3.8) is 0 Å². The summed E-state index contributed by atoms with van der Waals surface area (Å²) in [7, 11) is 0. The maximum atomic E-state index is 12.6. The van der Waals surface area contributed by atoms with Crippen LogP contribution in [-0.4, -0.2) is 39.6 Å². The average molecular weight is 361 g/mol. The summed E-state index contributed by atoms with van der Waals surface area (Å²) in [6, 6.07) is -0.504. The Hall–Kier alpha value is -2.29. The summed E-state index contributed by atoms with van der Waals surface area (Å²) in [6.07, 6.45) is 6.81. The molecule has 0 spiro atoms. The van der Waals surface area contributed by atoms with Crippen molar-refractivity contribution in [1.82, 2.24) is 20.4 Å². The molecule has 1 aromatic rings. The second-order valence-electron chi connectivity index (χ2n) is 6.59. The van der Waals surface area contributed by atoms with Crippen LogP contribution in [0.15, 0.2) is 12.2 Å². The lowest BCUT2D eigenvalue weighted by molar-refractivity contribution is -0.140. The Labute approximate surface area is 148 Å². The highest BCUT2D eigenvalue weighted by Gasteiger charge is 2.56. The summed E-state index contributed by atoms with van der Waals surface area (Å²) in [5.74, 6) is -0.539. The minimum absolute atomic E-state index is 0.116. The normalized spacial score (nSPS) is 29.9. The lowest BCUT2D eigenvalue weighted by Crippen LogP contribution is -2.43. The van der Waals surface area contributed by atoms with Crippen molar-refractivity contribution < 1.29 is 14.4 Å². The number of rotatable bonds is 4. The molecule has 4 amide bonds. The molecule has 5 rings (SSSR count). The van der Waals surface area contributed by atoms with Crippen LogP contribution in [0.5, 0.6) is 0 Å². The summed E-state index contributed by atoms with van der Waals surface area (Å²) in [6.45, 7) is 1.84. The van der Waals surface area contributed by atoms with E-state index in [1.807, 2.05) is 6.92 Å². The van der Waals surface area contributed by atoms with Crippen LogP contribution in [0.2, 0.25) is 0 Å². The molecule has 25 heavy (non-hydrogen) atoms. The number of carbonyl (C=O) groups is 3. The number of aryl methyl sites for hydroxylation is 1. The van der Waals surface area contributed by atoms with Crippen molar-refractivity contribution in [2.45, 2.75) is 26.2 Å². The van der Waals surface area contributed by atoms with Crippen molar-refractivity contribution in [3.05, 3.63) is 17.2 Å². The van der Waals surface area contributed by atoms with Crippen LogP contribution >= 0.6 is 11.3 Å². The number of anilines is 1. The third-order valence-corrected chi connectivity index (χ3v) is 6.22. The van der Waals surface area contributed by atoms with Crippen LogP contribution in [0.1, 0.15) is 24.8 Å². The zero-order valence-electron chi connectivity index (χ0n) is 13.8. The molecule has 1 aliphatic heterocycles. The number of aromatic nitrogens is 2. The number of fused-ring (bicyclic) bond motifs is 1. The monoisotopic (exact) mass is 361 g/mol. The van der Waals surface area contributed by atoms with Gasteiger partial charge in [0.2, 0.25) is 16.9 Å². The van der Waals surface area contributed by atoms with Crippen molar-refractivity contribution in [3.8, 4) is 0 Å². The molecule has 2 heterocycles. The molecule has 4 unspecified atom stereocenters. The Morgan fingerprint density at radius 3 is 2.36 bits per heavy atom. The first kappa shape index (κ1) is 16.2. The molecule has 2 fully saturated rings. The highest BCUT2D eigenvalue weighted by Crippen LogP contribution is 2.49. The van der Waals surface area contributed by atoms with Gasteiger partial charge in [-0.25, -0.2) is 4.79 Å². The highest BCUT2D eigenvalue weighted by molar-refractivity contribution is 7.15. The highest BCUT2D eigenvalue weighted by atomic mass is 32.1. The van der Waals surface area contributed by atoms with Crippen molar-refractivity contribution in [2.24, 2.45) is 23.7 Å². The minimum Gasteiger partial charge on any atom is -0.320 e. The number of amides is 4. The Morgan fingerprint density at radius 1 is 1.20 bits per heavy atom. The van der Waals surface area contributed by atoms with Gasteiger partial charge in [0.25, 0.3) is 0 Å². The van der Waals surface area contributed by atoms with E-state index < -0.39 is 6.03 Å². The van der Waals surface area contributed by atoms with Gasteiger partial charge in [0.05, 0.1) is 11.8 Å². The molecule has 1 saturated heterocycles. The Bertz CT molecular complexity index is 729. The Balaban J connectivity index is 1.37. The van der Waals surface area contributed by atoms with Gasteiger partial charge in [0, 0.05) is 0 Å². The summed E-state index contributed by atoms with van der Waals surface area (Å²) in [5, 5.41) is 14.2. The SMILES string of the molecule is CCc1nnc(NC(=O)NCN2C(=O)C3C4C=CC(CC4)C3C2=O)s1. The van der Waals surface area contributed by atoms with Gasteiger partial charge < -0.3 is 5.32 Å². The van der Waals surface area contributed by atoms with Crippen LogP contribution in [-0.2, 0) is 16.0 Å². The van der Waals surface area contributed by atoms with Crippen LogP contribution in [0.25, 0.3) is 0 Å². The van der Waals surface area contributed by atoms with E-state index in [0.29, 0.717) is 5.13 Å². The van der Waals surface area contributed by atoms with Crippen LogP contribution in [0.3, 0.4) is 0 Å². The number of hydrogen-bond donors (Lipinski definition) is 2. The smallest absolute Gasteiger partial charge is 0.320 e. The van der Waals surface area contributed by atoms with Gasteiger partial charge in [-0.05, 0) is 31.1 Å². The molecular formula is C16H19N5O3S. The predicted molar refractivity (Wildman–Crippen MR) is 90.5 cm³/mol. The van der Waals surface area contributed by atoms with Crippen LogP contribution < -0.4 is 10.6 Å². The first-order valence-corrected chi connectivity index (χ1v) is 9.31. The first-order chi connectivity index (χ1) is 12.1. The fourth-order valence-corrected chi connectivity index (χ4v) is 4.71. The largest absolute Gasteiger partial charge is 0.322 e. The standard InChI is InChI=1S/C16H19N5O3S/c1-2-10-19-20-16(25-10)18-15(24)17-7-21-13(22)11-8-3-4-9(6-5-8)12(11)14(21)23/h3-4,8-9,11-12H,2,5-7H2,1H3,(H2,17,18,20,24). The van der Waals surface area contributed by atoms with E-state index in [0.717, 1.165) is 24.3 Å². The molecule has 3 aliphatic carbocycles. The van der Waals surface area contributed by atoms with E-state index in [1.165, 1.54) is 16.2 Å². The molecule has 2 bridgehead atoms. The van der Waals surface area contributed by atoms with E-state index in [4.69, 9.17) is 0 Å². The summed E-state index contributed by atoms with van der Waals surface area (Å²) in [4.78, 5) is 38.4. The number of allylic oxidation sites excluding steroid dienone is 2. The van der Waals surface area contributed by atoms with Gasteiger partial charge in [0.1, 0.15) is 11.7 Å². The van der Waals surface area contributed by atoms with Crippen molar-refractivity contribution >= 4 is 34.3 Å². The number of carbonyl (C=O) groups excluding carboxylic acids is 3. The van der Waals surface area contributed by atoms with Gasteiger partial charge in [-0.1, -0.05) is 30.4 Å². The van der Waals surface area contributed by atoms with E-state index in [2.05, 4.69) is 33.0 Å². The van der Waals surface area contributed by atoms with E-state index in [1.54, 1.807) is 0 Å². The van der Waals surface area contributed by atoms with E-state index in [9.17, 15) is 14.4 Å². The van der Waals surface area contributed by atoms with Gasteiger partial charge in [-0.15, -0.1) is 10.2 Å². The molecule has 4 atom stereocenters. The van der Waals surface area contributed by atoms with Crippen molar-refractivity contribution in [2.75, 3.05) is 12.0 Å². The predicted octanol–water partition coefficient (Wildman–Crippen LogP) is 1.38. The lowest BCUT2D eigenvalue weighted by Gasteiger charge is -2.38. The van der Waals surface area contributed by atoms with Gasteiger partial charge in [-0.2, -0.15) is 0 Å². The summed E-state index contributed by atoms with van der Waals surface area (Å²) in [5.41, 5.74) is 0. The molecule has 0 radical (unpaired) electrons. The Morgan fingerprint density at radius 2 is 1.84 bits per heavy atom. The Kier molecular flexibility index (Phi) is 4.03. The van der Waals surface area contributed by atoms with Gasteiger partial charge >= 0.3 is 6.03 Å². The molecule has 132 valence electrons. The quantitative estimate of drug-likeness (QED) is 0.623. The topological polar surface area (TPSA) is 104 Å². The zero-order valence-corrected chi connectivity index (χ0v) is 14.6. The fourth-order valence-electron chi connectivity index (χ4n) is 4.03. The van der Waals surface area contributed by atoms with Crippen LogP contribution in [0.4, 0.5) is 9.93 Å². The number of nitrogens with one attached hydrogen (secondary N) is 2. The maximum absolute atomic E-state index is 12.6. The number of urea groups is 1. The molecule has 0 aromatic carbocycles. The summed E-state index contributed by atoms with van der Waals surface area (Å²) < 4.78 is 0. The zero-order chi connectivity index (χ0) is 17.6. The number of nitrogens with zero attached hydrogens (tertiary/aromatic N) is 3. The molecule has 4 aliphatic rings. The third-order valence-electron chi connectivity index (χ3n) is 5.24. The van der Waals surface area contributed by atoms with Crippen LogP contribution in [0, 0.1) is 23.7 Å².